The van der Waals surface area contributed by atoms with Crippen molar-refractivity contribution in [2.24, 2.45) is 5.92 Å². The SMILES string of the molecule is CNC(C)CNC(=O)C1CC1c1cccc(Br)c1. The van der Waals surface area contributed by atoms with Gasteiger partial charge in [-0.2, -0.15) is 0 Å². The summed E-state index contributed by atoms with van der Waals surface area (Å²) in [5, 5.41) is 6.11. The molecule has 98 valence electrons. The summed E-state index contributed by atoms with van der Waals surface area (Å²) in [5.74, 6) is 0.734. The number of amides is 1. The van der Waals surface area contributed by atoms with Crippen molar-refractivity contribution in [2.45, 2.75) is 25.3 Å². The molecule has 0 aliphatic heterocycles. The molecule has 2 N–H and O–H groups in total. The Morgan fingerprint density at radius 2 is 2.33 bits per heavy atom. The van der Waals surface area contributed by atoms with Crippen LogP contribution in [0.5, 0.6) is 0 Å². The molecule has 0 heterocycles. The number of halogens is 1. The van der Waals surface area contributed by atoms with Crippen LogP contribution in [0.1, 0.15) is 24.8 Å². The van der Waals surface area contributed by atoms with Crippen molar-refractivity contribution in [3.05, 3.63) is 34.3 Å². The van der Waals surface area contributed by atoms with Crippen LogP contribution in [0.2, 0.25) is 0 Å². The Kier molecular flexibility index (Phi) is 4.40. The number of likely N-dealkylation sites (N-methyl/N-ethyl adjacent to an activating group) is 1. The van der Waals surface area contributed by atoms with Crippen molar-refractivity contribution in [1.82, 2.24) is 10.6 Å². The molecule has 1 fully saturated rings. The van der Waals surface area contributed by atoms with E-state index in [0.717, 1.165) is 10.9 Å². The van der Waals surface area contributed by atoms with Crippen molar-refractivity contribution in [3.8, 4) is 0 Å². The minimum Gasteiger partial charge on any atom is -0.354 e. The van der Waals surface area contributed by atoms with Gasteiger partial charge >= 0.3 is 0 Å². The normalized spacial score (nSPS) is 23.5. The number of hydrogen-bond acceptors (Lipinski definition) is 2. The molecule has 0 spiro atoms. The molecule has 3 unspecified atom stereocenters. The molecule has 0 aromatic heterocycles. The number of carbonyl (C=O) groups excluding carboxylic acids is 1. The van der Waals surface area contributed by atoms with Gasteiger partial charge in [0.05, 0.1) is 0 Å². The van der Waals surface area contributed by atoms with E-state index in [9.17, 15) is 4.79 Å². The average molecular weight is 311 g/mol. The first-order chi connectivity index (χ1) is 8.61. The van der Waals surface area contributed by atoms with Gasteiger partial charge in [0.25, 0.3) is 0 Å². The molecular weight excluding hydrogens is 292 g/mol. The fourth-order valence-corrected chi connectivity index (χ4v) is 2.49. The van der Waals surface area contributed by atoms with Gasteiger partial charge in [0.1, 0.15) is 0 Å². The molecule has 4 heteroatoms. The first-order valence-corrected chi connectivity index (χ1v) is 7.11. The van der Waals surface area contributed by atoms with Crippen molar-refractivity contribution in [3.63, 3.8) is 0 Å². The van der Waals surface area contributed by atoms with E-state index in [1.807, 2.05) is 19.2 Å². The van der Waals surface area contributed by atoms with Gasteiger partial charge < -0.3 is 10.6 Å². The zero-order valence-electron chi connectivity index (χ0n) is 10.7. The van der Waals surface area contributed by atoms with Crippen LogP contribution in [0, 0.1) is 5.92 Å². The summed E-state index contributed by atoms with van der Waals surface area (Å²) >= 11 is 3.47. The molecule has 0 bridgehead atoms. The lowest BCUT2D eigenvalue weighted by Crippen LogP contribution is -2.37. The van der Waals surface area contributed by atoms with Gasteiger partial charge in [-0.05, 0) is 44.0 Å². The minimum atomic E-state index is 0.156. The topological polar surface area (TPSA) is 41.1 Å². The second-order valence-electron chi connectivity index (χ2n) is 4.94. The Morgan fingerprint density at radius 3 is 3.00 bits per heavy atom. The maximum absolute atomic E-state index is 11.9. The highest BCUT2D eigenvalue weighted by Crippen LogP contribution is 2.47. The van der Waals surface area contributed by atoms with E-state index < -0.39 is 0 Å². The summed E-state index contributed by atoms with van der Waals surface area (Å²) in [6, 6.07) is 8.55. The molecule has 2 rings (SSSR count). The fraction of sp³-hybridized carbons (Fsp3) is 0.500. The molecule has 0 saturated heterocycles. The van der Waals surface area contributed by atoms with Crippen LogP contribution in [0.15, 0.2) is 28.7 Å². The van der Waals surface area contributed by atoms with E-state index in [0.29, 0.717) is 18.5 Å². The molecule has 1 aliphatic carbocycles. The van der Waals surface area contributed by atoms with Crippen LogP contribution < -0.4 is 10.6 Å². The molecule has 1 amide bonds. The predicted molar refractivity (Wildman–Crippen MR) is 76.5 cm³/mol. The molecule has 3 nitrogen and oxygen atoms in total. The summed E-state index contributed by atoms with van der Waals surface area (Å²) in [7, 11) is 1.90. The molecule has 18 heavy (non-hydrogen) atoms. The molecule has 0 radical (unpaired) electrons. The highest BCUT2D eigenvalue weighted by molar-refractivity contribution is 9.10. The van der Waals surface area contributed by atoms with Gasteiger partial charge in [-0.3, -0.25) is 4.79 Å². The Labute approximate surface area is 116 Å². The number of hydrogen-bond donors (Lipinski definition) is 2. The second-order valence-corrected chi connectivity index (χ2v) is 5.85. The third-order valence-electron chi connectivity index (χ3n) is 3.48. The summed E-state index contributed by atoms with van der Waals surface area (Å²) < 4.78 is 1.08. The maximum Gasteiger partial charge on any atom is 0.223 e. The lowest BCUT2D eigenvalue weighted by Gasteiger charge is -2.11. The fourth-order valence-electron chi connectivity index (χ4n) is 2.08. The van der Waals surface area contributed by atoms with Crippen molar-refractivity contribution >= 4 is 21.8 Å². The molecular formula is C14H19BrN2O. The van der Waals surface area contributed by atoms with Gasteiger partial charge in [0.2, 0.25) is 5.91 Å². The lowest BCUT2D eigenvalue weighted by molar-refractivity contribution is -0.122. The van der Waals surface area contributed by atoms with E-state index in [-0.39, 0.29) is 11.8 Å². The van der Waals surface area contributed by atoms with E-state index in [1.165, 1.54) is 5.56 Å². The Bertz CT molecular complexity index is 436. The third kappa shape index (κ3) is 3.33. The van der Waals surface area contributed by atoms with Crippen LogP contribution in [-0.2, 0) is 4.79 Å². The first-order valence-electron chi connectivity index (χ1n) is 6.32. The van der Waals surface area contributed by atoms with E-state index in [1.54, 1.807) is 0 Å². The standard InChI is InChI=1S/C14H19BrN2O/c1-9(16-2)8-17-14(18)13-7-12(13)10-4-3-5-11(15)6-10/h3-6,9,12-13,16H,7-8H2,1-2H3,(H,17,18). The molecule has 1 aromatic rings. The number of nitrogens with one attached hydrogen (secondary N) is 2. The Hall–Kier alpha value is -0.870. The van der Waals surface area contributed by atoms with Gasteiger partial charge in [0, 0.05) is 23.0 Å². The van der Waals surface area contributed by atoms with Crippen molar-refractivity contribution in [2.75, 3.05) is 13.6 Å². The molecule has 1 aliphatic rings. The number of benzene rings is 1. The maximum atomic E-state index is 11.9. The van der Waals surface area contributed by atoms with Crippen molar-refractivity contribution < 1.29 is 4.79 Å². The summed E-state index contributed by atoms with van der Waals surface area (Å²) in [6.07, 6.45) is 0.968. The lowest BCUT2D eigenvalue weighted by atomic mass is 10.1. The van der Waals surface area contributed by atoms with Gasteiger partial charge in [0.15, 0.2) is 0 Å². The van der Waals surface area contributed by atoms with Gasteiger partial charge in [-0.25, -0.2) is 0 Å². The Balaban J connectivity index is 1.85. The van der Waals surface area contributed by atoms with E-state index in [4.69, 9.17) is 0 Å². The van der Waals surface area contributed by atoms with Crippen LogP contribution in [-0.4, -0.2) is 25.5 Å². The highest BCUT2D eigenvalue weighted by Gasteiger charge is 2.43. The number of carbonyl (C=O) groups is 1. The minimum absolute atomic E-state index is 0.156. The smallest absolute Gasteiger partial charge is 0.223 e. The summed E-state index contributed by atoms with van der Waals surface area (Å²) in [5.41, 5.74) is 1.26. The van der Waals surface area contributed by atoms with E-state index in [2.05, 4.69) is 45.6 Å². The molecule has 1 saturated carbocycles. The second kappa shape index (κ2) is 5.85. The first kappa shape index (κ1) is 13.6. The highest BCUT2D eigenvalue weighted by atomic mass is 79.9. The zero-order chi connectivity index (χ0) is 13.1. The van der Waals surface area contributed by atoms with Gasteiger partial charge in [-0.15, -0.1) is 0 Å². The largest absolute Gasteiger partial charge is 0.354 e. The molecule has 3 atom stereocenters. The number of rotatable bonds is 5. The average Bonchev–Trinajstić information content (AvgIpc) is 3.15. The monoisotopic (exact) mass is 310 g/mol. The molecule has 1 aromatic carbocycles. The van der Waals surface area contributed by atoms with Crippen molar-refractivity contribution in [1.29, 1.82) is 0 Å². The quantitative estimate of drug-likeness (QED) is 0.876. The zero-order valence-corrected chi connectivity index (χ0v) is 12.3. The van der Waals surface area contributed by atoms with E-state index >= 15 is 0 Å². The summed E-state index contributed by atoms with van der Waals surface area (Å²) in [6.45, 7) is 2.75. The van der Waals surface area contributed by atoms with Crippen LogP contribution in [0.4, 0.5) is 0 Å². The van der Waals surface area contributed by atoms with Crippen LogP contribution in [0.3, 0.4) is 0 Å². The van der Waals surface area contributed by atoms with Crippen LogP contribution >= 0.6 is 15.9 Å². The summed E-state index contributed by atoms with van der Waals surface area (Å²) in [4.78, 5) is 11.9. The third-order valence-corrected chi connectivity index (χ3v) is 3.97. The Morgan fingerprint density at radius 1 is 1.56 bits per heavy atom. The van der Waals surface area contributed by atoms with Crippen LogP contribution in [0.25, 0.3) is 0 Å². The van der Waals surface area contributed by atoms with Gasteiger partial charge in [-0.1, -0.05) is 28.1 Å². The predicted octanol–water partition coefficient (Wildman–Crippen LogP) is 2.28.